The van der Waals surface area contributed by atoms with E-state index in [1.54, 1.807) is 0 Å². The Labute approximate surface area is 55.5 Å². The fourth-order valence-electron chi connectivity index (χ4n) is 0.942. The number of rotatable bonds is 2. The van der Waals surface area contributed by atoms with Crippen LogP contribution < -0.4 is 0 Å². The molecular weight excluding hydrogens is 116 g/mol. The molecule has 0 aromatic rings. The molecule has 0 heterocycles. The van der Waals surface area contributed by atoms with Crippen molar-refractivity contribution in [2.45, 2.75) is 32.3 Å². The standard InChI is InChI=1S/C7H14O2/c1-6(2,5-8)7(9)3-4-7/h8-9H,3-5H2,1-2H3. The van der Waals surface area contributed by atoms with Gasteiger partial charge in [0.05, 0.1) is 12.2 Å². The highest BCUT2D eigenvalue weighted by Gasteiger charge is 2.52. The van der Waals surface area contributed by atoms with Crippen LogP contribution in [-0.4, -0.2) is 22.4 Å². The Hall–Kier alpha value is -0.0800. The van der Waals surface area contributed by atoms with Gasteiger partial charge in [-0.3, -0.25) is 0 Å². The molecule has 0 amide bonds. The minimum Gasteiger partial charge on any atom is -0.396 e. The average Bonchev–Trinajstić information content (AvgIpc) is 2.49. The van der Waals surface area contributed by atoms with Crippen molar-refractivity contribution in [2.24, 2.45) is 5.41 Å². The molecule has 2 nitrogen and oxygen atoms in total. The maximum Gasteiger partial charge on any atom is 0.0722 e. The summed E-state index contributed by atoms with van der Waals surface area (Å²) in [5.74, 6) is 0. The molecule has 0 spiro atoms. The second-order valence-electron chi connectivity index (χ2n) is 3.57. The Balaban J connectivity index is 2.58. The Bertz CT molecular complexity index is 114. The summed E-state index contributed by atoms with van der Waals surface area (Å²) in [7, 11) is 0. The van der Waals surface area contributed by atoms with Crippen LogP contribution in [-0.2, 0) is 0 Å². The fourth-order valence-corrected chi connectivity index (χ4v) is 0.942. The smallest absolute Gasteiger partial charge is 0.0722 e. The Morgan fingerprint density at radius 1 is 1.44 bits per heavy atom. The number of hydrogen-bond acceptors (Lipinski definition) is 2. The first-order valence-corrected chi connectivity index (χ1v) is 3.35. The van der Waals surface area contributed by atoms with Crippen LogP contribution in [0.3, 0.4) is 0 Å². The van der Waals surface area contributed by atoms with E-state index in [9.17, 15) is 5.11 Å². The van der Waals surface area contributed by atoms with Gasteiger partial charge < -0.3 is 10.2 Å². The lowest BCUT2D eigenvalue weighted by molar-refractivity contribution is -0.0130. The maximum atomic E-state index is 9.50. The van der Waals surface area contributed by atoms with E-state index in [1.807, 2.05) is 13.8 Å². The van der Waals surface area contributed by atoms with Crippen LogP contribution in [0, 0.1) is 5.41 Å². The summed E-state index contributed by atoms with van der Waals surface area (Å²) in [6, 6.07) is 0. The second-order valence-corrected chi connectivity index (χ2v) is 3.57. The summed E-state index contributed by atoms with van der Waals surface area (Å²) >= 11 is 0. The molecule has 1 aliphatic rings. The van der Waals surface area contributed by atoms with Crippen LogP contribution in [0.5, 0.6) is 0 Å². The summed E-state index contributed by atoms with van der Waals surface area (Å²) < 4.78 is 0. The molecule has 0 atom stereocenters. The van der Waals surface area contributed by atoms with E-state index in [0.29, 0.717) is 0 Å². The predicted octanol–water partition coefficient (Wildman–Crippen LogP) is 0.530. The maximum absolute atomic E-state index is 9.50. The van der Waals surface area contributed by atoms with Crippen molar-refractivity contribution < 1.29 is 10.2 Å². The second kappa shape index (κ2) is 1.70. The van der Waals surface area contributed by atoms with Crippen molar-refractivity contribution in [3.63, 3.8) is 0 Å². The molecule has 0 aliphatic heterocycles. The van der Waals surface area contributed by atoms with Gasteiger partial charge in [0.1, 0.15) is 0 Å². The summed E-state index contributed by atoms with van der Waals surface area (Å²) in [6.45, 7) is 3.85. The van der Waals surface area contributed by atoms with Gasteiger partial charge in [0.25, 0.3) is 0 Å². The first kappa shape index (κ1) is 7.03. The van der Waals surface area contributed by atoms with Crippen LogP contribution >= 0.6 is 0 Å². The third kappa shape index (κ3) is 0.970. The molecule has 1 rings (SSSR count). The Morgan fingerprint density at radius 3 is 2.00 bits per heavy atom. The van der Waals surface area contributed by atoms with Gasteiger partial charge in [0.15, 0.2) is 0 Å². The molecule has 54 valence electrons. The minimum absolute atomic E-state index is 0.0729. The molecule has 2 heteroatoms. The highest BCUT2D eigenvalue weighted by atomic mass is 16.3. The first-order chi connectivity index (χ1) is 4.02. The SMILES string of the molecule is CC(C)(CO)C1(O)CC1. The molecular formula is C7H14O2. The molecule has 0 aromatic carbocycles. The van der Waals surface area contributed by atoms with Crippen molar-refractivity contribution >= 4 is 0 Å². The van der Waals surface area contributed by atoms with Crippen molar-refractivity contribution in [3.8, 4) is 0 Å². The lowest BCUT2D eigenvalue weighted by Crippen LogP contribution is -2.34. The van der Waals surface area contributed by atoms with Crippen LogP contribution in [0.4, 0.5) is 0 Å². The normalized spacial score (nSPS) is 24.0. The van der Waals surface area contributed by atoms with Gasteiger partial charge in [-0.15, -0.1) is 0 Å². The summed E-state index contributed by atoms with van der Waals surface area (Å²) in [4.78, 5) is 0. The zero-order valence-electron chi connectivity index (χ0n) is 6.02. The van der Waals surface area contributed by atoms with Crippen molar-refractivity contribution in [1.82, 2.24) is 0 Å². The summed E-state index contributed by atoms with van der Waals surface area (Å²) in [6.07, 6.45) is 1.70. The van der Waals surface area contributed by atoms with E-state index in [1.165, 1.54) is 0 Å². The molecule has 0 saturated heterocycles. The van der Waals surface area contributed by atoms with Gasteiger partial charge in [0, 0.05) is 5.41 Å². The van der Waals surface area contributed by atoms with Gasteiger partial charge in [0.2, 0.25) is 0 Å². The van der Waals surface area contributed by atoms with E-state index < -0.39 is 5.60 Å². The van der Waals surface area contributed by atoms with Crippen molar-refractivity contribution in [2.75, 3.05) is 6.61 Å². The fraction of sp³-hybridized carbons (Fsp3) is 1.00. The Morgan fingerprint density at radius 2 is 1.89 bits per heavy atom. The first-order valence-electron chi connectivity index (χ1n) is 3.35. The van der Waals surface area contributed by atoms with Crippen LogP contribution in [0.15, 0.2) is 0 Å². The zero-order valence-corrected chi connectivity index (χ0v) is 6.02. The summed E-state index contributed by atoms with van der Waals surface area (Å²) in [5.41, 5.74) is -0.852. The van der Waals surface area contributed by atoms with Gasteiger partial charge >= 0.3 is 0 Å². The quantitative estimate of drug-likeness (QED) is 0.572. The van der Waals surface area contributed by atoms with E-state index in [-0.39, 0.29) is 12.0 Å². The van der Waals surface area contributed by atoms with Gasteiger partial charge in [-0.25, -0.2) is 0 Å². The molecule has 9 heavy (non-hydrogen) atoms. The van der Waals surface area contributed by atoms with E-state index in [4.69, 9.17) is 5.11 Å². The monoisotopic (exact) mass is 130 g/mol. The van der Waals surface area contributed by atoms with E-state index in [0.717, 1.165) is 12.8 Å². The number of hydrogen-bond donors (Lipinski definition) is 2. The molecule has 1 aliphatic carbocycles. The molecule has 1 fully saturated rings. The summed E-state index contributed by atoms with van der Waals surface area (Å²) in [5, 5.41) is 18.3. The van der Waals surface area contributed by atoms with Gasteiger partial charge in [-0.05, 0) is 12.8 Å². The van der Waals surface area contributed by atoms with Crippen molar-refractivity contribution in [1.29, 1.82) is 0 Å². The van der Waals surface area contributed by atoms with Crippen LogP contribution in [0.25, 0.3) is 0 Å². The third-order valence-electron chi connectivity index (χ3n) is 2.38. The van der Waals surface area contributed by atoms with Crippen molar-refractivity contribution in [3.05, 3.63) is 0 Å². The average molecular weight is 130 g/mol. The number of aliphatic hydroxyl groups is 2. The lowest BCUT2D eigenvalue weighted by Gasteiger charge is -2.27. The molecule has 0 bridgehead atoms. The van der Waals surface area contributed by atoms with Crippen LogP contribution in [0.2, 0.25) is 0 Å². The molecule has 0 unspecified atom stereocenters. The lowest BCUT2D eigenvalue weighted by atomic mass is 9.85. The number of aliphatic hydroxyl groups excluding tert-OH is 1. The highest BCUT2D eigenvalue weighted by molar-refractivity contribution is 5.04. The Kier molecular flexibility index (Phi) is 1.33. The third-order valence-corrected chi connectivity index (χ3v) is 2.38. The predicted molar refractivity (Wildman–Crippen MR) is 35.1 cm³/mol. The zero-order chi connectivity index (χ0) is 7.12. The van der Waals surface area contributed by atoms with E-state index in [2.05, 4.69) is 0 Å². The molecule has 0 radical (unpaired) electrons. The topological polar surface area (TPSA) is 40.5 Å². The van der Waals surface area contributed by atoms with E-state index >= 15 is 0 Å². The largest absolute Gasteiger partial charge is 0.396 e. The van der Waals surface area contributed by atoms with Crippen LogP contribution in [0.1, 0.15) is 26.7 Å². The van der Waals surface area contributed by atoms with Gasteiger partial charge in [-0.1, -0.05) is 13.8 Å². The van der Waals surface area contributed by atoms with Gasteiger partial charge in [-0.2, -0.15) is 0 Å². The molecule has 0 aromatic heterocycles. The molecule has 1 saturated carbocycles. The molecule has 2 N–H and O–H groups in total. The minimum atomic E-state index is -0.554. The highest BCUT2D eigenvalue weighted by Crippen LogP contribution is 2.49.